The van der Waals surface area contributed by atoms with Gasteiger partial charge in [0.1, 0.15) is 0 Å². The number of hydrogen-bond acceptors (Lipinski definition) is 3. The van der Waals surface area contributed by atoms with Crippen molar-refractivity contribution in [3.63, 3.8) is 0 Å². The number of halogens is 1. The molecule has 0 unspecified atom stereocenters. The van der Waals surface area contributed by atoms with Crippen LogP contribution in [0.2, 0.25) is 5.02 Å². The van der Waals surface area contributed by atoms with Crippen molar-refractivity contribution in [2.75, 3.05) is 5.73 Å². The smallest absolute Gasteiger partial charge is 0.167 e. The van der Waals surface area contributed by atoms with Crippen LogP contribution in [0.15, 0.2) is 42.7 Å². The third-order valence-corrected chi connectivity index (χ3v) is 2.76. The molecule has 0 saturated carbocycles. The van der Waals surface area contributed by atoms with Gasteiger partial charge in [0, 0.05) is 30.1 Å². The molecule has 17 heavy (non-hydrogen) atoms. The number of carbonyl (C=O) groups is 1. The van der Waals surface area contributed by atoms with Crippen LogP contribution in [0.3, 0.4) is 0 Å². The summed E-state index contributed by atoms with van der Waals surface area (Å²) in [4.78, 5) is 15.9. The molecule has 2 N–H and O–H groups in total. The number of aromatic nitrogens is 1. The highest BCUT2D eigenvalue weighted by atomic mass is 35.5. The molecule has 1 heterocycles. The van der Waals surface area contributed by atoms with Crippen LogP contribution in [-0.2, 0) is 6.42 Å². The van der Waals surface area contributed by atoms with Crippen LogP contribution >= 0.6 is 11.6 Å². The van der Waals surface area contributed by atoms with Gasteiger partial charge >= 0.3 is 0 Å². The first-order valence-electron chi connectivity index (χ1n) is 5.14. The monoisotopic (exact) mass is 246 g/mol. The van der Waals surface area contributed by atoms with E-state index in [0.717, 1.165) is 5.56 Å². The molecule has 0 aliphatic heterocycles. The molecule has 0 saturated heterocycles. The Morgan fingerprint density at radius 2 is 2.18 bits per heavy atom. The molecule has 3 nitrogen and oxygen atoms in total. The number of rotatable bonds is 3. The first kappa shape index (κ1) is 11.6. The summed E-state index contributed by atoms with van der Waals surface area (Å²) >= 11 is 5.95. The minimum Gasteiger partial charge on any atom is -0.399 e. The first-order chi connectivity index (χ1) is 8.16. The number of nitrogen functional groups attached to an aromatic ring is 1. The van der Waals surface area contributed by atoms with Gasteiger partial charge in [-0.3, -0.25) is 9.78 Å². The van der Waals surface area contributed by atoms with Gasteiger partial charge in [0.2, 0.25) is 0 Å². The molecule has 2 aromatic rings. The van der Waals surface area contributed by atoms with Gasteiger partial charge in [-0.05, 0) is 23.8 Å². The van der Waals surface area contributed by atoms with Crippen LogP contribution in [0.4, 0.5) is 5.69 Å². The van der Waals surface area contributed by atoms with Crippen molar-refractivity contribution < 1.29 is 4.79 Å². The first-order valence-corrected chi connectivity index (χ1v) is 5.52. The summed E-state index contributed by atoms with van der Waals surface area (Å²) in [5, 5.41) is 0.504. The van der Waals surface area contributed by atoms with Crippen molar-refractivity contribution in [2.45, 2.75) is 6.42 Å². The van der Waals surface area contributed by atoms with Crippen LogP contribution in [0, 0.1) is 0 Å². The number of benzene rings is 1. The van der Waals surface area contributed by atoms with E-state index in [1.165, 1.54) is 6.20 Å². The molecular weight excluding hydrogens is 236 g/mol. The number of carbonyl (C=O) groups excluding carboxylic acids is 1. The maximum absolute atomic E-state index is 12.0. The molecule has 1 aromatic heterocycles. The van der Waals surface area contributed by atoms with Crippen LogP contribution in [0.5, 0.6) is 0 Å². The van der Waals surface area contributed by atoms with Gasteiger partial charge in [-0.1, -0.05) is 23.7 Å². The summed E-state index contributed by atoms with van der Waals surface area (Å²) in [7, 11) is 0. The molecule has 0 fully saturated rings. The SMILES string of the molecule is Nc1cccc(C(=O)Cc2ccncc2Cl)c1. The van der Waals surface area contributed by atoms with Crippen LogP contribution in [0.1, 0.15) is 15.9 Å². The minimum atomic E-state index is -0.00889. The van der Waals surface area contributed by atoms with Gasteiger partial charge in [0.15, 0.2) is 5.78 Å². The van der Waals surface area contributed by atoms with E-state index in [2.05, 4.69) is 4.98 Å². The molecule has 2 rings (SSSR count). The molecule has 0 amide bonds. The topological polar surface area (TPSA) is 56.0 Å². The number of Topliss-reactive ketones (excluding diaryl/α,β-unsaturated/α-hetero) is 1. The summed E-state index contributed by atoms with van der Waals surface area (Å²) in [6.45, 7) is 0. The predicted molar refractivity (Wildman–Crippen MR) is 68.1 cm³/mol. The van der Waals surface area contributed by atoms with E-state index in [0.29, 0.717) is 16.3 Å². The van der Waals surface area contributed by atoms with Crippen molar-refractivity contribution >= 4 is 23.1 Å². The molecule has 0 spiro atoms. The largest absolute Gasteiger partial charge is 0.399 e. The van der Waals surface area contributed by atoms with Crippen molar-refractivity contribution in [2.24, 2.45) is 0 Å². The predicted octanol–water partition coefficient (Wildman–Crippen LogP) is 2.74. The van der Waals surface area contributed by atoms with E-state index in [-0.39, 0.29) is 12.2 Å². The van der Waals surface area contributed by atoms with Crippen LogP contribution in [0.25, 0.3) is 0 Å². The number of hydrogen-bond donors (Lipinski definition) is 1. The van der Waals surface area contributed by atoms with E-state index < -0.39 is 0 Å². The van der Waals surface area contributed by atoms with Crippen molar-refractivity contribution in [1.29, 1.82) is 0 Å². The molecule has 0 atom stereocenters. The lowest BCUT2D eigenvalue weighted by atomic mass is 10.0. The van der Waals surface area contributed by atoms with Gasteiger partial charge in [-0.15, -0.1) is 0 Å². The lowest BCUT2D eigenvalue weighted by molar-refractivity contribution is 0.0993. The molecule has 1 aromatic carbocycles. The minimum absolute atomic E-state index is 0.00889. The highest BCUT2D eigenvalue weighted by Crippen LogP contribution is 2.17. The Bertz CT molecular complexity index is 555. The second kappa shape index (κ2) is 4.97. The summed E-state index contributed by atoms with van der Waals surface area (Å²) in [6, 6.07) is 8.66. The third kappa shape index (κ3) is 2.82. The summed E-state index contributed by atoms with van der Waals surface area (Å²) in [5.41, 5.74) is 7.58. The number of ketones is 1. The standard InChI is InChI=1S/C13H11ClN2O/c14-12-8-16-5-4-9(12)7-13(17)10-2-1-3-11(15)6-10/h1-6,8H,7,15H2. The quantitative estimate of drug-likeness (QED) is 0.669. The van der Waals surface area contributed by atoms with Crippen LogP contribution in [-0.4, -0.2) is 10.8 Å². The fourth-order valence-electron chi connectivity index (χ4n) is 1.53. The summed E-state index contributed by atoms with van der Waals surface area (Å²) in [5.74, 6) is -0.00889. The molecule has 86 valence electrons. The molecule has 0 aliphatic carbocycles. The zero-order chi connectivity index (χ0) is 12.3. The van der Waals surface area contributed by atoms with E-state index in [1.807, 2.05) is 0 Å². The Hall–Kier alpha value is -1.87. The van der Waals surface area contributed by atoms with Gasteiger partial charge in [-0.25, -0.2) is 0 Å². The van der Waals surface area contributed by atoms with E-state index in [1.54, 1.807) is 36.5 Å². The van der Waals surface area contributed by atoms with Crippen molar-refractivity contribution in [3.8, 4) is 0 Å². The van der Waals surface area contributed by atoms with Gasteiger partial charge in [0.25, 0.3) is 0 Å². The number of nitrogens with two attached hydrogens (primary N) is 1. The van der Waals surface area contributed by atoms with E-state index in [4.69, 9.17) is 17.3 Å². The second-order valence-corrected chi connectivity index (χ2v) is 4.10. The highest BCUT2D eigenvalue weighted by molar-refractivity contribution is 6.31. The summed E-state index contributed by atoms with van der Waals surface area (Å²) in [6.07, 6.45) is 3.40. The maximum atomic E-state index is 12.0. The van der Waals surface area contributed by atoms with E-state index in [9.17, 15) is 4.79 Å². The van der Waals surface area contributed by atoms with E-state index >= 15 is 0 Å². The normalized spacial score (nSPS) is 10.2. The Labute approximate surface area is 104 Å². The lowest BCUT2D eigenvalue weighted by Gasteiger charge is -2.04. The number of nitrogens with zero attached hydrogens (tertiary/aromatic N) is 1. The van der Waals surface area contributed by atoms with Gasteiger partial charge < -0.3 is 5.73 Å². The average molecular weight is 247 g/mol. The van der Waals surface area contributed by atoms with Gasteiger partial charge in [-0.2, -0.15) is 0 Å². The van der Waals surface area contributed by atoms with Crippen LogP contribution < -0.4 is 5.73 Å². The lowest BCUT2D eigenvalue weighted by Crippen LogP contribution is -2.04. The Morgan fingerprint density at radius 1 is 1.35 bits per heavy atom. The van der Waals surface area contributed by atoms with Gasteiger partial charge in [0.05, 0.1) is 5.02 Å². The number of anilines is 1. The molecule has 0 aliphatic rings. The fraction of sp³-hybridized carbons (Fsp3) is 0.0769. The Balaban J connectivity index is 2.20. The zero-order valence-electron chi connectivity index (χ0n) is 9.06. The molecular formula is C13H11ClN2O. The Morgan fingerprint density at radius 3 is 2.88 bits per heavy atom. The molecule has 0 radical (unpaired) electrons. The average Bonchev–Trinajstić information content (AvgIpc) is 2.32. The molecule has 0 bridgehead atoms. The highest BCUT2D eigenvalue weighted by Gasteiger charge is 2.09. The second-order valence-electron chi connectivity index (χ2n) is 3.69. The van der Waals surface area contributed by atoms with Crippen molar-refractivity contribution in [1.82, 2.24) is 4.98 Å². The maximum Gasteiger partial charge on any atom is 0.167 e. The summed E-state index contributed by atoms with van der Waals surface area (Å²) < 4.78 is 0. The zero-order valence-corrected chi connectivity index (χ0v) is 9.82. The molecule has 4 heteroatoms. The third-order valence-electron chi connectivity index (χ3n) is 2.42. The fourth-order valence-corrected chi connectivity index (χ4v) is 1.72. The number of pyridine rings is 1. The van der Waals surface area contributed by atoms with Crippen molar-refractivity contribution in [3.05, 3.63) is 58.9 Å². The Kier molecular flexibility index (Phi) is 3.40.